The molecule has 0 bridgehead atoms. The van der Waals surface area contributed by atoms with E-state index in [0.717, 1.165) is 14.7 Å². The van der Waals surface area contributed by atoms with Gasteiger partial charge in [-0.3, -0.25) is 4.79 Å². The molecule has 0 N–H and O–H groups in total. The number of hydrogen-bond acceptors (Lipinski definition) is 2. The van der Waals surface area contributed by atoms with Crippen LogP contribution in [-0.2, 0) is 4.74 Å². The summed E-state index contributed by atoms with van der Waals surface area (Å²) in [6.45, 7) is 5.99. The Labute approximate surface area is 115 Å². The van der Waals surface area contributed by atoms with Crippen molar-refractivity contribution in [3.63, 3.8) is 0 Å². The molecule has 1 heterocycles. The maximum Gasteiger partial charge on any atom is 0.254 e. The van der Waals surface area contributed by atoms with Crippen LogP contribution in [0, 0.1) is 10.5 Å². The predicted molar refractivity (Wildman–Crippen MR) is 75.2 cm³/mol. The molecule has 1 aliphatic heterocycles. The fourth-order valence-corrected chi connectivity index (χ4v) is 2.49. The molecule has 92 valence electrons. The molecule has 0 saturated carbocycles. The summed E-state index contributed by atoms with van der Waals surface area (Å²) in [5, 5.41) is 0. The number of nitrogens with zero attached hydrogens (tertiary/aromatic N) is 1. The zero-order chi connectivity index (χ0) is 12.4. The molecule has 1 aromatic rings. The molecular formula is C13H16INO2. The summed E-state index contributed by atoms with van der Waals surface area (Å²) in [5.74, 6) is 0.121. The monoisotopic (exact) mass is 345 g/mol. The molecular weight excluding hydrogens is 329 g/mol. The molecule has 2 rings (SSSR count). The molecule has 1 aromatic carbocycles. The van der Waals surface area contributed by atoms with E-state index in [9.17, 15) is 4.79 Å². The maximum absolute atomic E-state index is 12.4. The van der Waals surface area contributed by atoms with Crippen LogP contribution >= 0.6 is 22.6 Å². The van der Waals surface area contributed by atoms with E-state index in [1.54, 1.807) is 0 Å². The number of amides is 1. The zero-order valence-corrected chi connectivity index (χ0v) is 12.2. The molecule has 0 unspecified atom stereocenters. The van der Waals surface area contributed by atoms with E-state index in [2.05, 4.69) is 22.6 Å². The highest BCUT2D eigenvalue weighted by atomic mass is 127. The topological polar surface area (TPSA) is 29.5 Å². The number of aryl methyl sites for hydroxylation is 1. The number of halogens is 1. The Morgan fingerprint density at radius 1 is 1.53 bits per heavy atom. The Hall–Kier alpha value is -0.620. The van der Waals surface area contributed by atoms with E-state index in [1.807, 2.05) is 36.9 Å². The summed E-state index contributed by atoms with van der Waals surface area (Å²) in [5.41, 5.74) is 1.85. The van der Waals surface area contributed by atoms with Crippen LogP contribution in [-0.4, -0.2) is 36.6 Å². The van der Waals surface area contributed by atoms with Crippen LogP contribution in [0.15, 0.2) is 18.2 Å². The molecule has 4 heteroatoms. The van der Waals surface area contributed by atoms with Crippen LogP contribution < -0.4 is 0 Å². The molecule has 0 spiro atoms. The van der Waals surface area contributed by atoms with Gasteiger partial charge in [0.05, 0.1) is 12.7 Å². The summed E-state index contributed by atoms with van der Waals surface area (Å²) in [6, 6.07) is 5.98. The Kier molecular flexibility index (Phi) is 4.04. The van der Waals surface area contributed by atoms with Crippen molar-refractivity contribution in [2.45, 2.75) is 20.0 Å². The summed E-state index contributed by atoms with van der Waals surface area (Å²) in [4.78, 5) is 14.3. The lowest BCUT2D eigenvalue weighted by Crippen LogP contribution is -2.44. The van der Waals surface area contributed by atoms with Gasteiger partial charge in [0.15, 0.2) is 0 Å². The number of ether oxygens (including phenoxy) is 1. The van der Waals surface area contributed by atoms with Crippen LogP contribution in [0.1, 0.15) is 22.8 Å². The second-order valence-electron chi connectivity index (χ2n) is 4.39. The van der Waals surface area contributed by atoms with Gasteiger partial charge in [-0.15, -0.1) is 0 Å². The molecule has 3 nitrogen and oxygen atoms in total. The smallest absolute Gasteiger partial charge is 0.254 e. The zero-order valence-electron chi connectivity index (χ0n) is 10.1. The van der Waals surface area contributed by atoms with Gasteiger partial charge in [0.2, 0.25) is 0 Å². The van der Waals surface area contributed by atoms with Gasteiger partial charge in [-0.05, 0) is 54.1 Å². The Morgan fingerprint density at radius 2 is 2.29 bits per heavy atom. The van der Waals surface area contributed by atoms with Gasteiger partial charge >= 0.3 is 0 Å². The number of carbonyl (C=O) groups is 1. The fraction of sp³-hybridized carbons (Fsp3) is 0.462. The molecule has 1 atom stereocenters. The van der Waals surface area contributed by atoms with Crippen molar-refractivity contribution in [2.75, 3.05) is 19.7 Å². The fourth-order valence-electron chi connectivity index (χ4n) is 2.00. The third-order valence-corrected chi connectivity index (χ3v) is 3.63. The summed E-state index contributed by atoms with van der Waals surface area (Å²) in [7, 11) is 0. The minimum absolute atomic E-state index is 0.121. The number of rotatable bonds is 1. The van der Waals surface area contributed by atoms with E-state index >= 15 is 0 Å². The summed E-state index contributed by atoms with van der Waals surface area (Å²) in [6.07, 6.45) is 0.135. The average molecular weight is 345 g/mol. The third kappa shape index (κ3) is 2.98. The SMILES string of the molecule is Cc1ccc(I)cc1C(=O)N1CCO[C@H](C)C1. The summed E-state index contributed by atoms with van der Waals surface area (Å²) < 4.78 is 6.55. The highest BCUT2D eigenvalue weighted by molar-refractivity contribution is 14.1. The average Bonchev–Trinajstić information content (AvgIpc) is 2.31. The molecule has 0 radical (unpaired) electrons. The number of morpholine rings is 1. The standard InChI is InChI=1S/C13H16INO2/c1-9-3-4-11(14)7-12(9)13(16)15-5-6-17-10(2)8-15/h3-4,7,10H,5-6,8H2,1-2H3/t10-/m1/s1. The maximum atomic E-state index is 12.4. The molecule has 1 aliphatic rings. The first-order valence-electron chi connectivity index (χ1n) is 5.75. The largest absolute Gasteiger partial charge is 0.375 e. The molecule has 17 heavy (non-hydrogen) atoms. The van der Waals surface area contributed by atoms with Gasteiger partial charge in [0.1, 0.15) is 0 Å². The van der Waals surface area contributed by atoms with Crippen molar-refractivity contribution in [1.82, 2.24) is 4.90 Å². The summed E-state index contributed by atoms with van der Waals surface area (Å²) >= 11 is 2.23. The lowest BCUT2D eigenvalue weighted by molar-refractivity contribution is -0.0124. The van der Waals surface area contributed by atoms with Gasteiger partial charge < -0.3 is 9.64 Å². The van der Waals surface area contributed by atoms with E-state index in [4.69, 9.17) is 4.74 Å². The van der Waals surface area contributed by atoms with E-state index in [-0.39, 0.29) is 12.0 Å². The second-order valence-corrected chi connectivity index (χ2v) is 5.64. The quantitative estimate of drug-likeness (QED) is 0.732. The van der Waals surface area contributed by atoms with Crippen molar-refractivity contribution in [1.29, 1.82) is 0 Å². The van der Waals surface area contributed by atoms with Crippen molar-refractivity contribution in [3.05, 3.63) is 32.9 Å². The van der Waals surface area contributed by atoms with Gasteiger partial charge in [-0.2, -0.15) is 0 Å². The van der Waals surface area contributed by atoms with E-state index in [1.165, 1.54) is 0 Å². The van der Waals surface area contributed by atoms with Crippen LogP contribution in [0.3, 0.4) is 0 Å². The first-order valence-corrected chi connectivity index (χ1v) is 6.83. The van der Waals surface area contributed by atoms with Gasteiger partial charge in [-0.25, -0.2) is 0 Å². The van der Waals surface area contributed by atoms with Crippen molar-refractivity contribution < 1.29 is 9.53 Å². The lowest BCUT2D eigenvalue weighted by Gasteiger charge is -2.31. The number of carbonyl (C=O) groups excluding carboxylic acids is 1. The number of hydrogen-bond donors (Lipinski definition) is 0. The minimum Gasteiger partial charge on any atom is -0.375 e. The number of benzene rings is 1. The highest BCUT2D eigenvalue weighted by Crippen LogP contribution is 2.17. The van der Waals surface area contributed by atoms with Gasteiger partial charge in [0.25, 0.3) is 5.91 Å². The van der Waals surface area contributed by atoms with Crippen molar-refractivity contribution >= 4 is 28.5 Å². The lowest BCUT2D eigenvalue weighted by atomic mass is 10.1. The first kappa shape index (κ1) is 12.8. The normalized spacial score (nSPS) is 20.4. The molecule has 0 aliphatic carbocycles. The Balaban J connectivity index is 2.21. The highest BCUT2D eigenvalue weighted by Gasteiger charge is 2.23. The first-order chi connectivity index (χ1) is 8.08. The van der Waals surface area contributed by atoms with Gasteiger partial charge in [-0.1, -0.05) is 6.07 Å². The van der Waals surface area contributed by atoms with Crippen LogP contribution in [0.4, 0.5) is 0 Å². The second kappa shape index (κ2) is 5.35. The van der Waals surface area contributed by atoms with Crippen LogP contribution in [0.5, 0.6) is 0 Å². The molecule has 1 saturated heterocycles. The van der Waals surface area contributed by atoms with Gasteiger partial charge in [0, 0.05) is 22.2 Å². The van der Waals surface area contributed by atoms with Crippen molar-refractivity contribution in [2.24, 2.45) is 0 Å². The Morgan fingerprint density at radius 3 is 3.00 bits per heavy atom. The Bertz CT molecular complexity index is 433. The molecule has 1 fully saturated rings. The van der Waals surface area contributed by atoms with E-state index in [0.29, 0.717) is 19.7 Å². The minimum atomic E-state index is 0.121. The van der Waals surface area contributed by atoms with Crippen LogP contribution in [0.2, 0.25) is 0 Å². The third-order valence-electron chi connectivity index (χ3n) is 2.96. The van der Waals surface area contributed by atoms with Crippen molar-refractivity contribution in [3.8, 4) is 0 Å². The molecule has 0 aromatic heterocycles. The van der Waals surface area contributed by atoms with E-state index < -0.39 is 0 Å². The molecule has 1 amide bonds. The predicted octanol–water partition coefficient (Wildman–Crippen LogP) is 2.46. The van der Waals surface area contributed by atoms with Crippen LogP contribution in [0.25, 0.3) is 0 Å².